The second kappa shape index (κ2) is 28.5. The highest BCUT2D eigenvalue weighted by Gasteiger charge is 2.26. The fraction of sp³-hybridized carbons (Fsp3) is 0.853. The monoisotopic (exact) mass is 632 g/mol. The van der Waals surface area contributed by atoms with Crippen LogP contribution in [0.25, 0.3) is 0 Å². The van der Waals surface area contributed by atoms with Gasteiger partial charge in [0.25, 0.3) is 0 Å². The van der Waals surface area contributed by atoms with Crippen molar-refractivity contribution in [1.82, 2.24) is 0 Å². The third kappa shape index (κ3) is 32.2. The second-order valence-electron chi connectivity index (χ2n) is 12.5. The maximum atomic E-state index is 12.5. The minimum atomic E-state index is -4.26. The molecule has 0 aromatic rings. The Labute approximate surface area is 264 Å². The van der Waals surface area contributed by atoms with Gasteiger partial charge < -0.3 is 18.9 Å². The number of unbranched alkanes of at least 4 members (excludes halogenated alkanes) is 13. The first kappa shape index (κ1) is 42.0. The van der Waals surface area contributed by atoms with Crippen molar-refractivity contribution in [2.75, 3.05) is 54.1 Å². The molecule has 9 heteroatoms. The van der Waals surface area contributed by atoms with Crippen LogP contribution in [0.2, 0.25) is 0 Å². The van der Waals surface area contributed by atoms with E-state index in [0.29, 0.717) is 24.1 Å². The lowest BCUT2D eigenvalue weighted by Crippen LogP contribution is -2.37. The van der Waals surface area contributed by atoms with E-state index in [2.05, 4.69) is 38.2 Å². The number of carbonyl (C=O) groups excluding carboxylic acids is 1. The Morgan fingerprint density at radius 3 is 1.77 bits per heavy atom. The number of hydrogen-bond acceptors (Lipinski definition) is 6. The molecule has 0 rings (SSSR count). The molecule has 0 aliphatic rings. The Bertz CT molecular complexity index is 752. The van der Waals surface area contributed by atoms with E-state index in [-0.39, 0.29) is 25.8 Å². The van der Waals surface area contributed by atoms with Gasteiger partial charge >= 0.3 is 13.8 Å². The summed E-state index contributed by atoms with van der Waals surface area (Å²) in [7, 11) is 1.65. The molecule has 0 saturated heterocycles. The summed E-state index contributed by atoms with van der Waals surface area (Å²) in [4.78, 5) is 22.6. The quantitative estimate of drug-likeness (QED) is 0.0268. The smallest absolute Gasteiger partial charge is 0.457 e. The van der Waals surface area contributed by atoms with Gasteiger partial charge in [-0.1, -0.05) is 95.9 Å². The lowest BCUT2D eigenvalue weighted by molar-refractivity contribution is -0.870. The summed E-state index contributed by atoms with van der Waals surface area (Å²) in [6.07, 6.45) is 27.8. The number of rotatable bonds is 31. The van der Waals surface area contributed by atoms with E-state index in [9.17, 15) is 14.3 Å². The molecule has 43 heavy (non-hydrogen) atoms. The number of allylic oxidation sites excluding steroid dienone is 4. The van der Waals surface area contributed by atoms with Gasteiger partial charge in [-0.3, -0.25) is 13.8 Å². The molecule has 0 heterocycles. The molecule has 0 saturated carbocycles. The van der Waals surface area contributed by atoms with Crippen LogP contribution in [0.1, 0.15) is 129 Å². The van der Waals surface area contributed by atoms with Crippen LogP contribution in [0.15, 0.2) is 24.3 Å². The van der Waals surface area contributed by atoms with Crippen LogP contribution in [0, 0.1) is 0 Å². The van der Waals surface area contributed by atoms with Gasteiger partial charge in [-0.05, 0) is 51.4 Å². The van der Waals surface area contributed by atoms with Gasteiger partial charge in [-0.15, -0.1) is 0 Å². The predicted octanol–water partition coefficient (Wildman–Crippen LogP) is 8.93. The molecular formula is C34H67NO7P+. The van der Waals surface area contributed by atoms with E-state index in [4.69, 9.17) is 18.5 Å². The Kier molecular flexibility index (Phi) is 27.8. The first-order chi connectivity index (χ1) is 20.6. The maximum absolute atomic E-state index is 12.5. The first-order valence-corrected chi connectivity index (χ1v) is 18.6. The second-order valence-corrected chi connectivity index (χ2v) is 14.0. The molecule has 8 nitrogen and oxygen atoms in total. The molecule has 0 bridgehead atoms. The third-order valence-electron chi connectivity index (χ3n) is 6.95. The summed E-state index contributed by atoms with van der Waals surface area (Å²) in [5, 5.41) is 0. The van der Waals surface area contributed by atoms with Crippen molar-refractivity contribution in [3.05, 3.63) is 24.3 Å². The van der Waals surface area contributed by atoms with Crippen LogP contribution in [-0.2, 0) is 27.9 Å². The molecule has 2 atom stereocenters. The van der Waals surface area contributed by atoms with Crippen molar-refractivity contribution in [2.45, 2.75) is 136 Å². The summed E-state index contributed by atoms with van der Waals surface area (Å²) in [6.45, 7) is 5.46. The van der Waals surface area contributed by atoms with Crippen molar-refractivity contribution in [2.24, 2.45) is 0 Å². The Balaban J connectivity index is 4.38. The third-order valence-corrected chi connectivity index (χ3v) is 7.93. The molecule has 254 valence electrons. The number of hydrogen-bond donors (Lipinski definition) is 1. The van der Waals surface area contributed by atoms with Gasteiger partial charge in [0, 0.05) is 13.0 Å². The number of phosphoric acid groups is 1. The number of quaternary nitrogens is 1. The van der Waals surface area contributed by atoms with Gasteiger partial charge in [-0.25, -0.2) is 4.57 Å². The normalized spacial score (nSPS) is 14.5. The molecular weight excluding hydrogens is 565 g/mol. The van der Waals surface area contributed by atoms with E-state index in [1.165, 1.54) is 57.8 Å². The van der Waals surface area contributed by atoms with Crippen molar-refractivity contribution >= 4 is 13.8 Å². The minimum Gasteiger partial charge on any atom is -0.457 e. The molecule has 0 aromatic carbocycles. The van der Waals surface area contributed by atoms with Crippen LogP contribution in [0.5, 0.6) is 0 Å². The fourth-order valence-electron chi connectivity index (χ4n) is 4.26. The van der Waals surface area contributed by atoms with Gasteiger partial charge in [0.1, 0.15) is 19.3 Å². The van der Waals surface area contributed by atoms with Crippen LogP contribution >= 0.6 is 7.82 Å². The van der Waals surface area contributed by atoms with Crippen molar-refractivity contribution in [3.63, 3.8) is 0 Å². The molecule has 0 fully saturated rings. The summed E-state index contributed by atoms with van der Waals surface area (Å²) in [5.41, 5.74) is 0. The van der Waals surface area contributed by atoms with Crippen LogP contribution in [0.4, 0.5) is 0 Å². The van der Waals surface area contributed by atoms with E-state index < -0.39 is 13.9 Å². The maximum Gasteiger partial charge on any atom is 0.472 e. The summed E-state index contributed by atoms with van der Waals surface area (Å²) in [5.74, 6) is -0.331. The molecule has 1 N–H and O–H groups in total. The molecule has 0 radical (unpaired) electrons. The average Bonchev–Trinajstić information content (AvgIpc) is 2.94. The van der Waals surface area contributed by atoms with E-state index >= 15 is 0 Å². The summed E-state index contributed by atoms with van der Waals surface area (Å²) < 4.78 is 34.6. The van der Waals surface area contributed by atoms with Crippen molar-refractivity contribution < 1.29 is 37.3 Å². The zero-order chi connectivity index (χ0) is 32.1. The molecule has 0 aliphatic heterocycles. The van der Waals surface area contributed by atoms with E-state index in [0.717, 1.165) is 51.4 Å². The Morgan fingerprint density at radius 2 is 1.21 bits per heavy atom. The average molecular weight is 633 g/mol. The number of likely N-dealkylation sites (N-methyl/N-ethyl adjacent to an activating group) is 1. The molecule has 0 aliphatic carbocycles. The first-order valence-electron chi connectivity index (χ1n) is 17.1. The van der Waals surface area contributed by atoms with Gasteiger partial charge in [0.2, 0.25) is 0 Å². The lowest BCUT2D eigenvalue weighted by Gasteiger charge is -2.24. The number of esters is 1. The summed E-state index contributed by atoms with van der Waals surface area (Å²) in [6, 6.07) is 0. The standard InChI is InChI=1S/C34H66NO7P/c1-6-8-10-12-14-16-18-20-22-24-26-29-39-31-33(32-41-43(37,38)40-30-28-35(3,4)5)42-34(36)27-25-23-21-19-17-15-13-11-9-7-2/h10-13,33H,6-9,14-32H2,1-5H3/p+1/b12-10-,13-11-. The lowest BCUT2D eigenvalue weighted by atomic mass is 10.1. The highest BCUT2D eigenvalue weighted by atomic mass is 31.2. The predicted molar refractivity (Wildman–Crippen MR) is 178 cm³/mol. The van der Waals surface area contributed by atoms with Crippen LogP contribution in [0.3, 0.4) is 0 Å². The number of carbonyl (C=O) groups is 1. The van der Waals surface area contributed by atoms with Gasteiger partial charge in [-0.2, -0.15) is 0 Å². The van der Waals surface area contributed by atoms with Gasteiger partial charge in [0.05, 0.1) is 34.4 Å². The highest BCUT2D eigenvalue weighted by Crippen LogP contribution is 2.43. The Hall–Kier alpha value is -1.02. The zero-order valence-corrected chi connectivity index (χ0v) is 29.3. The van der Waals surface area contributed by atoms with Gasteiger partial charge in [0.15, 0.2) is 0 Å². The van der Waals surface area contributed by atoms with Crippen molar-refractivity contribution in [3.8, 4) is 0 Å². The van der Waals surface area contributed by atoms with E-state index in [1.807, 2.05) is 21.1 Å². The molecule has 0 spiro atoms. The largest absolute Gasteiger partial charge is 0.472 e. The number of nitrogens with zero attached hydrogens (tertiary/aromatic N) is 1. The Morgan fingerprint density at radius 1 is 0.698 bits per heavy atom. The highest BCUT2D eigenvalue weighted by molar-refractivity contribution is 7.47. The van der Waals surface area contributed by atoms with E-state index in [1.54, 1.807) is 0 Å². The number of phosphoric ester groups is 1. The molecule has 2 unspecified atom stereocenters. The molecule has 0 aromatic heterocycles. The SMILES string of the molecule is CCC/C=C\CCCCCCCCOCC(COP(=O)(O)OCC[N+](C)(C)C)OC(=O)CCCCCCC/C=C\CCC. The van der Waals surface area contributed by atoms with Crippen LogP contribution < -0.4 is 0 Å². The molecule has 0 amide bonds. The fourth-order valence-corrected chi connectivity index (χ4v) is 5.00. The number of ether oxygens (including phenoxy) is 2. The van der Waals surface area contributed by atoms with Crippen molar-refractivity contribution in [1.29, 1.82) is 0 Å². The van der Waals surface area contributed by atoms with Crippen LogP contribution in [-0.4, -0.2) is 75.6 Å². The minimum absolute atomic E-state index is 0.0861. The zero-order valence-electron chi connectivity index (χ0n) is 28.4. The topological polar surface area (TPSA) is 91.3 Å². The summed E-state index contributed by atoms with van der Waals surface area (Å²) >= 11 is 0.